The van der Waals surface area contributed by atoms with Gasteiger partial charge in [-0.3, -0.25) is 0 Å². The first kappa shape index (κ1) is 16.0. The summed E-state index contributed by atoms with van der Waals surface area (Å²) in [7, 11) is -2.77. The van der Waals surface area contributed by atoms with Gasteiger partial charge in [-0.15, -0.1) is 0 Å². The molecular weight excluding hydrogens is 368 g/mol. The average Bonchev–Trinajstić information content (AvgIpc) is 2.66. The van der Waals surface area contributed by atoms with E-state index >= 15 is 0 Å². The van der Waals surface area contributed by atoms with Crippen LogP contribution in [0.15, 0.2) is 0 Å². The van der Waals surface area contributed by atoms with Crippen LogP contribution in [0.2, 0.25) is 0 Å². The molecule has 1 rings (SSSR count). The minimum atomic E-state index is -2.77. The van der Waals surface area contributed by atoms with Crippen LogP contribution >= 0.6 is 31.9 Å². The van der Waals surface area contributed by atoms with E-state index in [9.17, 15) is 8.42 Å². The summed E-state index contributed by atoms with van der Waals surface area (Å²) < 4.78 is 23.2. The summed E-state index contributed by atoms with van der Waals surface area (Å²) >= 11 is 7.22. The standard InChI is InChI=1S/C12H22Br2O2S/c1-2-3-4-6-12(9-13,10-14)11-5-7-17(15,16)8-11/h11H,2-10H2,1H3. The Labute approximate surface area is 122 Å². The topological polar surface area (TPSA) is 34.1 Å². The molecule has 1 unspecified atom stereocenters. The first-order chi connectivity index (χ1) is 7.99. The van der Waals surface area contributed by atoms with Gasteiger partial charge in [0.2, 0.25) is 0 Å². The van der Waals surface area contributed by atoms with Gasteiger partial charge in [-0.05, 0) is 24.2 Å². The molecule has 17 heavy (non-hydrogen) atoms. The van der Waals surface area contributed by atoms with Gasteiger partial charge in [0.1, 0.15) is 0 Å². The second-order valence-corrected chi connectivity index (χ2v) is 8.54. The zero-order valence-corrected chi connectivity index (χ0v) is 14.4. The summed E-state index contributed by atoms with van der Waals surface area (Å²) in [4.78, 5) is 0. The van der Waals surface area contributed by atoms with E-state index in [4.69, 9.17) is 0 Å². The second kappa shape index (κ2) is 6.90. The molecule has 0 aromatic carbocycles. The smallest absolute Gasteiger partial charge is 0.150 e. The van der Waals surface area contributed by atoms with Gasteiger partial charge in [-0.25, -0.2) is 8.42 Å². The quantitative estimate of drug-likeness (QED) is 0.490. The van der Waals surface area contributed by atoms with Crippen LogP contribution in [0.25, 0.3) is 0 Å². The zero-order chi connectivity index (χ0) is 12.9. The Kier molecular flexibility index (Phi) is 6.48. The largest absolute Gasteiger partial charge is 0.229 e. The van der Waals surface area contributed by atoms with Crippen LogP contribution in [0.5, 0.6) is 0 Å². The van der Waals surface area contributed by atoms with Gasteiger partial charge in [-0.2, -0.15) is 0 Å². The Bertz CT molecular complexity index is 323. The summed E-state index contributed by atoms with van der Waals surface area (Å²) in [6.45, 7) is 2.20. The molecule has 2 nitrogen and oxygen atoms in total. The van der Waals surface area contributed by atoms with Crippen molar-refractivity contribution in [2.24, 2.45) is 11.3 Å². The van der Waals surface area contributed by atoms with Crippen molar-refractivity contribution in [1.82, 2.24) is 0 Å². The van der Waals surface area contributed by atoms with E-state index in [1.165, 1.54) is 19.3 Å². The second-order valence-electron chi connectivity index (χ2n) is 5.19. The summed E-state index contributed by atoms with van der Waals surface area (Å²) in [6.07, 6.45) is 5.61. The molecule has 0 aliphatic carbocycles. The van der Waals surface area contributed by atoms with Gasteiger partial charge >= 0.3 is 0 Å². The maximum atomic E-state index is 11.6. The van der Waals surface area contributed by atoms with Crippen LogP contribution in [0.4, 0.5) is 0 Å². The van der Waals surface area contributed by atoms with Crippen molar-refractivity contribution in [2.45, 2.75) is 39.0 Å². The predicted molar refractivity (Wildman–Crippen MR) is 80.9 cm³/mol. The summed E-state index contributed by atoms with van der Waals surface area (Å²) in [6, 6.07) is 0. The molecule has 0 saturated carbocycles. The number of sulfone groups is 1. The van der Waals surface area contributed by atoms with Crippen molar-refractivity contribution in [2.75, 3.05) is 22.2 Å². The maximum absolute atomic E-state index is 11.6. The van der Waals surface area contributed by atoms with Crippen LogP contribution in [-0.2, 0) is 9.84 Å². The normalized spacial score (nSPS) is 24.1. The summed E-state index contributed by atoms with van der Waals surface area (Å²) in [5, 5.41) is 1.80. The highest BCUT2D eigenvalue weighted by molar-refractivity contribution is 9.09. The van der Waals surface area contributed by atoms with Crippen molar-refractivity contribution in [3.63, 3.8) is 0 Å². The number of hydrogen-bond acceptors (Lipinski definition) is 2. The minimum Gasteiger partial charge on any atom is -0.229 e. The molecule has 1 heterocycles. The molecule has 0 spiro atoms. The summed E-state index contributed by atoms with van der Waals surface area (Å²) in [5.74, 6) is 1.09. The molecular formula is C12H22Br2O2S. The highest BCUT2D eigenvalue weighted by Crippen LogP contribution is 2.43. The van der Waals surface area contributed by atoms with Crippen LogP contribution in [0.3, 0.4) is 0 Å². The Morgan fingerprint density at radius 2 is 1.88 bits per heavy atom. The van der Waals surface area contributed by atoms with E-state index in [1.54, 1.807) is 0 Å². The summed E-state index contributed by atoms with van der Waals surface area (Å²) in [5.41, 5.74) is 0.124. The third-order valence-corrected chi connectivity index (χ3v) is 7.91. The molecule has 0 amide bonds. The van der Waals surface area contributed by atoms with E-state index in [2.05, 4.69) is 38.8 Å². The highest BCUT2D eigenvalue weighted by atomic mass is 79.9. The Hall–Kier alpha value is 0.910. The van der Waals surface area contributed by atoms with Crippen molar-refractivity contribution in [3.05, 3.63) is 0 Å². The van der Waals surface area contributed by atoms with Crippen LogP contribution < -0.4 is 0 Å². The molecule has 1 aliphatic heterocycles. The van der Waals surface area contributed by atoms with Gasteiger partial charge in [0.25, 0.3) is 0 Å². The third-order valence-electron chi connectivity index (χ3n) is 3.91. The van der Waals surface area contributed by atoms with Crippen molar-refractivity contribution in [3.8, 4) is 0 Å². The van der Waals surface area contributed by atoms with Crippen molar-refractivity contribution >= 4 is 41.7 Å². The lowest BCUT2D eigenvalue weighted by Gasteiger charge is -2.35. The van der Waals surface area contributed by atoms with E-state index in [1.807, 2.05) is 0 Å². The SMILES string of the molecule is CCCCCC(CBr)(CBr)C1CCS(=O)(=O)C1. The fourth-order valence-electron chi connectivity index (χ4n) is 2.60. The monoisotopic (exact) mass is 388 g/mol. The predicted octanol–water partition coefficient (Wildman–Crippen LogP) is 3.78. The maximum Gasteiger partial charge on any atom is 0.150 e. The fourth-order valence-corrected chi connectivity index (χ4v) is 6.95. The third kappa shape index (κ3) is 4.20. The van der Waals surface area contributed by atoms with Gasteiger partial charge in [0.15, 0.2) is 9.84 Å². The zero-order valence-electron chi connectivity index (χ0n) is 10.4. The first-order valence-corrected chi connectivity index (χ1v) is 10.4. The lowest BCUT2D eigenvalue weighted by molar-refractivity contribution is 0.227. The molecule has 1 saturated heterocycles. The van der Waals surface area contributed by atoms with Gasteiger partial charge in [0, 0.05) is 10.7 Å². The van der Waals surface area contributed by atoms with Crippen LogP contribution in [0, 0.1) is 11.3 Å². The van der Waals surface area contributed by atoms with Gasteiger partial charge < -0.3 is 0 Å². The average molecular weight is 390 g/mol. The van der Waals surface area contributed by atoms with E-state index in [0.29, 0.717) is 17.4 Å². The van der Waals surface area contributed by atoms with Gasteiger partial charge in [0.05, 0.1) is 11.5 Å². The molecule has 0 N–H and O–H groups in total. The number of alkyl halides is 2. The Balaban J connectivity index is 2.70. The molecule has 1 atom stereocenters. The molecule has 0 bridgehead atoms. The molecule has 0 aromatic rings. The Morgan fingerprint density at radius 1 is 1.24 bits per heavy atom. The lowest BCUT2D eigenvalue weighted by Crippen LogP contribution is -2.35. The molecule has 1 aliphatic rings. The molecule has 5 heteroatoms. The molecule has 0 aromatic heterocycles. The van der Waals surface area contributed by atoms with E-state index < -0.39 is 9.84 Å². The molecule has 102 valence electrons. The van der Waals surface area contributed by atoms with Crippen molar-refractivity contribution in [1.29, 1.82) is 0 Å². The van der Waals surface area contributed by atoms with E-state index in [0.717, 1.165) is 23.5 Å². The fraction of sp³-hybridized carbons (Fsp3) is 1.00. The van der Waals surface area contributed by atoms with Crippen molar-refractivity contribution < 1.29 is 8.42 Å². The highest BCUT2D eigenvalue weighted by Gasteiger charge is 2.42. The number of rotatable bonds is 7. The number of unbranched alkanes of at least 4 members (excludes halogenated alkanes) is 2. The molecule has 0 radical (unpaired) electrons. The lowest BCUT2D eigenvalue weighted by atomic mass is 9.74. The van der Waals surface area contributed by atoms with Crippen LogP contribution in [-0.4, -0.2) is 30.6 Å². The van der Waals surface area contributed by atoms with Gasteiger partial charge in [-0.1, -0.05) is 58.0 Å². The minimum absolute atomic E-state index is 0.124. The number of hydrogen-bond donors (Lipinski definition) is 0. The first-order valence-electron chi connectivity index (χ1n) is 6.32. The Morgan fingerprint density at radius 3 is 2.29 bits per heavy atom. The van der Waals surface area contributed by atoms with E-state index in [-0.39, 0.29) is 5.41 Å². The number of halogens is 2. The van der Waals surface area contributed by atoms with Crippen LogP contribution in [0.1, 0.15) is 39.0 Å². The molecule has 1 fully saturated rings.